The summed E-state index contributed by atoms with van der Waals surface area (Å²) in [6.45, 7) is 3.66. The fourth-order valence-electron chi connectivity index (χ4n) is 3.35. The lowest BCUT2D eigenvalue weighted by Crippen LogP contribution is -2.30. The van der Waals surface area contributed by atoms with E-state index in [-0.39, 0.29) is 12.7 Å². The summed E-state index contributed by atoms with van der Waals surface area (Å²) in [6, 6.07) is 2.29. The van der Waals surface area contributed by atoms with Crippen LogP contribution in [0, 0.1) is 11.3 Å². The maximum Gasteiger partial charge on any atom is 0.146 e. The van der Waals surface area contributed by atoms with Crippen molar-refractivity contribution in [1.82, 2.24) is 9.88 Å². The number of nitrogens with zero attached hydrogens (tertiary/aromatic N) is 3. The minimum atomic E-state index is 0.00501. The number of anilines is 2. The van der Waals surface area contributed by atoms with Crippen molar-refractivity contribution < 1.29 is 9.84 Å². The Morgan fingerprint density at radius 2 is 2.25 bits per heavy atom. The second-order valence-electron chi connectivity index (χ2n) is 6.41. The topological polar surface area (TPSA) is 93.4 Å². The van der Waals surface area contributed by atoms with E-state index in [1.54, 1.807) is 0 Å². The highest BCUT2D eigenvalue weighted by Gasteiger charge is 2.25. The minimum absolute atomic E-state index is 0.00501. The quantitative estimate of drug-likeness (QED) is 0.714. The van der Waals surface area contributed by atoms with E-state index in [9.17, 15) is 5.26 Å². The number of aliphatic hydroxyl groups excluding tert-OH is 1. The van der Waals surface area contributed by atoms with E-state index < -0.39 is 0 Å². The molecule has 1 aromatic rings. The third kappa shape index (κ3) is 3.61. The number of hydrogen-bond donors (Lipinski definition) is 3. The lowest BCUT2D eigenvalue weighted by atomic mass is 9.96. The summed E-state index contributed by atoms with van der Waals surface area (Å²) in [5, 5.41) is 25.2. The second kappa shape index (κ2) is 7.79. The van der Waals surface area contributed by atoms with E-state index in [2.05, 4.69) is 33.6 Å². The molecule has 1 aromatic heterocycles. The van der Waals surface area contributed by atoms with Gasteiger partial charge in [-0.1, -0.05) is 0 Å². The van der Waals surface area contributed by atoms with Crippen molar-refractivity contribution in [2.45, 2.75) is 31.9 Å². The van der Waals surface area contributed by atoms with Crippen LogP contribution in [0.1, 0.15) is 29.5 Å². The van der Waals surface area contributed by atoms with Gasteiger partial charge < -0.3 is 25.4 Å². The Morgan fingerprint density at radius 3 is 2.96 bits per heavy atom. The molecule has 1 saturated heterocycles. The van der Waals surface area contributed by atoms with Crippen LogP contribution in [0.3, 0.4) is 0 Å². The first-order chi connectivity index (χ1) is 11.7. The second-order valence-corrected chi connectivity index (χ2v) is 6.41. The van der Waals surface area contributed by atoms with Crippen molar-refractivity contribution in [3.05, 3.63) is 16.7 Å². The van der Waals surface area contributed by atoms with Gasteiger partial charge in [-0.25, -0.2) is 4.98 Å². The van der Waals surface area contributed by atoms with Crippen LogP contribution < -0.4 is 10.6 Å². The third-order valence-electron chi connectivity index (χ3n) is 4.62. The highest BCUT2D eigenvalue weighted by atomic mass is 16.5. The van der Waals surface area contributed by atoms with Crippen LogP contribution in [-0.4, -0.2) is 61.0 Å². The van der Waals surface area contributed by atoms with E-state index in [1.807, 2.05) is 0 Å². The summed E-state index contributed by atoms with van der Waals surface area (Å²) in [4.78, 5) is 6.89. The lowest BCUT2D eigenvalue weighted by Gasteiger charge is -2.29. The van der Waals surface area contributed by atoms with E-state index in [0.717, 1.165) is 62.4 Å². The Hall–Kier alpha value is -1.88. The molecule has 3 heterocycles. The number of nitriles is 1. The van der Waals surface area contributed by atoms with Gasteiger partial charge in [-0.3, -0.25) is 0 Å². The normalized spacial score (nSPS) is 20.5. The molecule has 1 atom stereocenters. The van der Waals surface area contributed by atoms with Crippen molar-refractivity contribution >= 4 is 11.6 Å². The van der Waals surface area contributed by atoms with Crippen LogP contribution in [0.5, 0.6) is 0 Å². The van der Waals surface area contributed by atoms with E-state index in [4.69, 9.17) is 9.84 Å². The number of pyridine rings is 1. The molecular weight excluding hydrogens is 306 g/mol. The monoisotopic (exact) mass is 331 g/mol. The standard InChI is InChI=1S/C17H25N5O2/c1-22-6-4-13-14(9-18)16(19-5-7-23)21-17(15(13)11-22)20-10-12-3-2-8-24-12/h12,23H,2-8,10-11H2,1H3,(H2,19,20,21)/t12-/m0/s1. The van der Waals surface area contributed by atoms with Gasteiger partial charge in [-0.05, 0) is 31.9 Å². The molecular formula is C17H25N5O2. The summed E-state index contributed by atoms with van der Waals surface area (Å²) in [6.07, 6.45) is 3.24. The van der Waals surface area contributed by atoms with Gasteiger partial charge in [-0.2, -0.15) is 5.26 Å². The molecule has 1 fully saturated rings. The van der Waals surface area contributed by atoms with Crippen molar-refractivity contribution in [2.75, 3.05) is 50.5 Å². The predicted octanol–water partition coefficient (Wildman–Crippen LogP) is 0.936. The first-order valence-corrected chi connectivity index (χ1v) is 8.57. The highest BCUT2D eigenvalue weighted by Crippen LogP contribution is 2.31. The van der Waals surface area contributed by atoms with Crippen molar-refractivity contribution in [2.24, 2.45) is 0 Å². The Balaban J connectivity index is 1.90. The molecule has 0 unspecified atom stereocenters. The van der Waals surface area contributed by atoms with Crippen LogP contribution in [0.25, 0.3) is 0 Å². The number of ether oxygens (including phenoxy) is 1. The summed E-state index contributed by atoms with van der Waals surface area (Å²) in [5.41, 5.74) is 2.78. The van der Waals surface area contributed by atoms with E-state index in [1.165, 1.54) is 0 Å². The highest BCUT2D eigenvalue weighted by molar-refractivity contribution is 5.66. The van der Waals surface area contributed by atoms with Gasteiger partial charge in [-0.15, -0.1) is 0 Å². The molecule has 0 amide bonds. The van der Waals surface area contributed by atoms with Crippen LogP contribution in [0.2, 0.25) is 0 Å². The van der Waals surface area contributed by atoms with Crippen LogP contribution in [0.4, 0.5) is 11.6 Å². The predicted molar refractivity (Wildman–Crippen MR) is 92.0 cm³/mol. The molecule has 0 aromatic carbocycles. The number of likely N-dealkylation sites (N-methyl/N-ethyl adjacent to an activating group) is 1. The summed E-state index contributed by atoms with van der Waals surface area (Å²) in [5.74, 6) is 1.39. The summed E-state index contributed by atoms with van der Waals surface area (Å²) in [7, 11) is 2.08. The molecule has 130 valence electrons. The Labute approximate surface area is 142 Å². The smallest absolute Gasteiger partial charge is 0.146 e. The van der Waals surface area contributed by atoms with Crippen molar-refractivity contribution in [1.29, 1.82) is 5.26 Å². The SMILES string of the molecule is CN1CCc2c(C#N)c(NCCO)nc(NC[C@@H]3CCCO3)c2C1. The zero-order valence-electron chi connectivity index (χ0n) is 14.1. The zero-order valence-corrected chi connectivity index (χ0v) is 14.1. The van der Waals surface area contributed by atoms with Crippen molar-refractivity contribution in [3.63, 3.8) is 0 Å². The van der Waals surface area contributed by atoms with Gasteiger partial charge in [0, 0.05) is 38.3 Å². The lowest BCUT2D eigenvalue weighted by molar-refractivity contribution is 0.120. The molecule has 3 N–H and O–H groups in total. The van der Waals surface area contributed by atoms with Crippen LogP contribution in [0.15, 0.2) is 0 Å². The number of hydrogen-bond acceptors (Lipinski definition) is 7. The van der Waals surface area contributed by atoms with Crippen LogP contribution in [-0.2, 0) is 17.7 Å². The average Bonchev–Trinajstić information content (AvgIpc) is 3.11. The average molecular weight is 331 g/mol. The zero-order chi connectivity index (χ0) is 16.9. The summed E-state index contributed by atoms with van der Waals surface area (Å²) >= 11 is 0. The minimum Gasteiger partial charge on any atom is -0.395 e. The molecule has 2 aliphatic heterocycles. The fourth-order valence-corrected chi connectivity index (χ4v) is 3.35. The van der Waals surface area contributed by atoms with Gasteiger partial charge in [0.2, 0.25) is 0 Å². The number of nitrogens with one attached hydrogen (secondary N) is 2. The fraction of sp³-hybridized carbons (Fsp3) is 0.647. The largest absolute Gasteiger partial charge is 0.395 e. The Bertz CT molecular complexity index is 622. The number of rotatable bonds is 6. The van der Waals surface area contributed by atoms with Crippen LogP contribution >= 0.6 is 0 Å². The summed E-state index contributed by atoms with van der Waals surface area (Å²) < 4.78 is 5.68. The number of aromatic nitrogens is 1. The molecule has 3 rings (SSSR count). The number of aliphatic hydroxyl groups is 1. The van der Waals surface area contributed by atoms with Gasteiger partial charge in [0.25, 0.3) is 0 Å². The van der Waals surface area contributed by atoms with Gasteiger partial charge in [0.05, 0.1) is 18.3 Å². The number of fused-ring (bicyclic) bond motifs is 1. The Kier molecular flexibility index (Phi) is 5.51. The van der Waals surface area contributed by atoms with E-state index >= 15 is 0 Å². The van der Waals surface area contributed by atoms with E-state index in [0.29, 0.717) is 17.9 Å². The molecule has 7 heteroatoms. The first-order valence-electron chi connectivity index (χ1n) is 8.57. The molecule has 2 aliphatic rings. The maximum absolute atomic E-state index is 9.59. The molecule has 24 heavy (non-hydrogen) atoms. The first kappa shape index (κ1) is 17.0. The maximum atomic E-state index is 9.59. The molecule has 0 radical (unpaired) electrons. The van der Waals surface area contributed by atoms with Gasteiger partial charge >= 0.3 is 0 Å². The third-order valence-corrected chi connectivity index (χ3v) is 4.62. The molecule has 0 spiro atoms. The van der Waals surface area contributed by atoms with Gasteiger partial charge in [0.15, 0.2) is 0 Å². The Morgan fingerprint density at radius 1 is 1.38 bits per heavy atom. The molecule has 7 nitrogen and oxygen atoms in total. The molecule has 0 saturated carbocycles. The molecule has 0 bridgehead atoms. The molecule has 0 aliphatic carbocycles. The van der Waals surface area contributed by atoms with Crippen molar-refractivity contribution in [3.8, 4) is 6.07 Å². The van der Waals surface area contributed by atoms with Gasteiger partial charge in [0.1, 0.15) is 17.7 Å².